The van der Waals surface area contributed by atoms with Crippen LogP contribution < -0.4 is 5.32 Å². The molecule has 5 heteroatoms. The number of benzene rings is 1. The number of anilines is 1. The third kappa shape index (κ3) is 2.87. The maximum atomic E-state index is 12.1. The third-order valence-corrected chi connectivity index (χ3v) is 3.04. The molecule has 0 radical (unpaired) electrons. The zero-order valence-electron chi connectivity index (χ0n) is 12.4. The zero-order valence-corrected chi connectivity index (χ0v) is 12.4. The van der Waals surface area contributed by atoms with E-state index in [1.807, 2.05) is 46.8 Å². The molecule has 0 spiro atoms. The summed E-state index contributed by atoms with van der Waals surface area (Å²) in [6, 6.07) is 4.05. The largest absolute Gasteiger partial charge is 0.417 e. The highest BCUT2D eigenvalue weighted by Crippen LogP contribution is 2.22. The second-order valence-electron chi connectivity index (χ2n) is 5.33. The molecular formula is C15H19N3O2. The lowest BCUT2D eigenvalue weighted by Gasteiger charge is -2.11. The van der Waals surface area contributed by atoms with Crippen molar-refractivity contribution in [2.24, 2.45) is 0 Å². The number of rotatable bonds is 3. The maximum absolute atomic E-state index is 12.1. The predicted molar refractivity (Wildman–Crippen MR) is 77.0 cm³/mol. The Morgan fingerprint density at radius 2 is 1.75 bits per heavy atom. The molecule has 0 bridgehead atoms. The Morgan fingerprint density at radius 3 is 2.25 bits per heavy atom. The van der Waals surface area contributed by atoms with Crippen molar-refractivity contribution in [3.63, 3.8) is 0 Å². The smallest absolute Gasteiger partial charge is 0.313 e. The second kappa shape index (κ2) is 5.45. The molecule has 2 aromatic rings. The monoisotopic (exact) mass is 273 g/mol. The van der Waals surface area contributed by atoms with Gasteiger partial charge in [0, 0.05) is 11.6 Å². The zero-order chi connectivity index (χ0) is 14.9. The van der Waals surface area contributed by atoms with Gasteiger partial charge in [0.25, 0.3) is 0 Å². The van der Waals surface area contributed by atoms with E-state index >= 15 is 0 Å². The molecule has 20 heavy (non-hydrogen) atoms. The summed E-state index contributed by atoms with van der Waals surface area (Å²) in [4.78, 5) is 12.1. The van der Waals surface area contributed by atoms with Crippen LogP contribution in [0.15, 0.2) is 16.5 Å². The predicted octanol–water partition coefficient (Wildman–Crippen LogP) is 3.37. The molecule has 0 saturated heterocycles. The SMILES string of the molecule is Cc1cc(C)c(NC(=O)c2nnc(C(C)C)o2)c(C)c1. The minimum Gasteiger partial charge on any atom is -0.417 e. The van der Waals surface area contributed by atoms with Gasteiger partial charge in [-0.2, -0.15) is 0 Å². The first-order valence-corrected chi connectivity index (χ1v) is 6.61. The Bertz CT molecular complexity index is 621. The molecule has 1 aromatic heterocycles. The molecule has 2 rings (SSSR count). The van der Waals surface area contributed by atoms with Gasteiger partial charge >= 0.3 is 11.8 Å². The van der Waals surface area contributed by atoms with Crippen LogP contribution in [0.4, 0.5) is 5.69 Å². The highest BCUT2D eigenvalue weighted by Gasteiger charge is 2.18. The average Bonchev–Trinajstić information content (AvgIpc) is 2.83. The summed E-state index contributed by atoms with van der Waals surface area (Å²) in [5.41, 5.74) is 3.99. The van der Waals surface area contributed by atoms with Gasteiger partial charge < -0.3 is 9.73 Å². The highest BCUT2D eigenvalue weighted by atomic mass is 16.4. The van der Waals surface area contributed by atoms with Gasteiger partial charge in [-0.3, -0.25) is 4.79 Å². The maximum Gasteiger partial charge on any atom is 0.313 e. The summed E-state index contributed by atoms with van der Waals surface area (Å²) < 4.78 is 5.35. The fraction of sp³-hybridized carbons (Fsp3) is 0.400. The van der Waals surface area contributed by atoms with Crippen LogP contribution in [0.3, 0.4) is 0 Å². The van der Waals surface area contributed by atoms with Crippen molar-refractivity contribution >= 4 is 11.6 Å². The molecule has 1 heterocycles. The lowest BCUT2D eigenvalue weighted by atomic mass is 10.1. The second-order valence-corrected chi connectivity index (χ2v) is 5.33. The van der Waals surface area contributed by atoms with Crippen LogP contribution in [0.2, 0.25) is 0 Å². The minimum absolute atomic E-state index is 0.00641. The van der Waals surface area contributed by atoms with Gasteiger partial charge in [-0.1, -0.05) is 31.5 Å². The number of carbonyl (C=O) groups is 1. The van der Waals surface area contributed by atoms with Crippen LogP contribution in [0, 0.1) is 20.8 Å². The molecular weight excluding hydrogens is 254 g/mol. The van der Waals surface area contributed by atoms with Gasteiger partial charge in [0.15, 0.2) is 0 Å². The van der Waals surface area contributed by atoms with Gasteiger partial charge in [-0.05, 0) is 31.9 Å². The van der Waals surface area contributed by atoms with Crippen LogP contribution in [0.1, 0.15) is 53.0 Å². The van der Waals surface area contributed by atoms with Crippen LogP contribution >= 0.6 is 0 Å². The van der Waals surface area contributed by atoms with E-state index < -0.39 is 0 Å². The molecule has 0 aliphatic rings. The summed E-state index contributed by atoms with van der Waals surface area (Å²) in [7, 11) is 0. The topological polar surface area (TPSA) is 68.0 Å². The Morgan fingerprint density at radius 1 is 1.15 bits per heavy atom. The number of nitrogens with zero attached hydrogens (tertiary/aromatic N) is 2. The summed E-state index contributed by atoms with van der Waals surface area (Å²) in [6.45, 7) is 9.82. The van der Waals surface area contributed by atoms with Crippen LogP contribution in [-0.4, -0.2) is 16.1 Å². The van der Waals surface area contributed by atoms with E-state index in [1.54, 1.807) is 0 Å². The van der Waals surface area contributed by atoms with Crippen molar-refractivity contribution in [2.75, 3.05) is 5.32 Å². The van der Waals surface area contributed by atoms with Crippen molar-refractivity contribution < 1.29 is 9.21 Å². The van der Waals surface area contributed by atoms with Crippen molar-refractivity contribution in [1.82, 2.24) is 10.2 Å². The van der Waals surface area contributed by atoms with E-state index in [1.165, 1.54) is 0 Å². The fourth-order valence-corrected chi connectivity index (χ4v) is 2.10. The Balaban J connectivity index is 2.23. The Hall–Kier alpha value is -2.17. The van der Waals surface area contributed by atoms with Gasteiger partial charge in [-0.25, -0.2) is 0 Å². The summed E-state index contributed by atoms with van der Waals surface area (Å²) in [6.07, 6.45) is 0. The van der Waals surface area contributed by atoms with E-state index in [0.717, 1.165) is 22.4 Å². The number of aromatic nitrogens is 2. The summed E-state index contributed by atoms with van der Waals surface area (Å²) in [5.74, 6) is 0.187. The molecule has 1 amide bonds. The van der Waals surface area contributed by atoms with E-state index in [0.29, 0.717) is 5.89 Å². The first-order chi connectivity index (χ1) is 9.38. The van der Waals surface area contributed by atoms with Gasteiger partial charge in [-0.15, -0.1) is 10.2 Å². The Kier molecular flexibility index (Phi) is 3.88. The van der Waals surface area contributed by atoms with Crippen LogP contribution in [-0.2, 0) is 0 Å². The molecule has 1 aromatic carbocycles. The Labute approximate surface area is 118 Å². The van der Waals surface area contributed by atoms with Crippen LogP contribution in [0.5, 0.6) is 0 Å². The molecule has 0 fully saturated rings. The number of nitrogens with one attached hydrogen (secondary N) is 1. The molecule has 0 saturated carbocycles. The molecule has 0 aliphatic carbocycles. The number of aryl methyl sites for hydroxylation is 3. The van der Waals surface area contributed by atoms with Crippen molar-refractivity contribution in [3.05, 3.63) is 40.6 Å². The first kappa shape index (κ1) is 14.2. The van der Waals surface area contributed by atoms with Gasteiger partial charge in [0.1, 0.15) is 0 Å². The highest BCUT2D eigenvalue weighted by molar-refractivity contribution is 6.01. The number of amides is 1. The van der Waals surface area contributed by atoms with E-state index in [4.69, 9.17) is 4.42 Å². The molecule has 1 N–H and O–H groups in total. The standard InChI is InChI=1S/C15H19N3O2/c1-8(2)14-17-18-15(20-14)13(19)16-12-10(4)6-9(3)7-11(12)5/h6-8H,1-5H3,(H,16,19). The fourth-order valence-electron chi connectivity index (χ4n) is 2.10. The third-order valence-electron chi connectivity index (χ3n) is 3.04. The number of hydrogen-bond acceptors (Lipinski definition) is 4. The van der Waals surface area contributed by atoms with Crippen LogP contribution in [0.25, 0.3) is 0 Å². The lowest BCUT2D eigenvalue weighted by molar-refractivity contribution is 0.0988. The van der Waals surface area contributed by atoms with E-state index in [9.17, 15) is 4.79 Å². The van der Waals surface area contributed by atoms with Gasteiger partial charge in [0.2, 0.25) is 5.89 Å². The minimum atomic E-state index is -0.376. The molecule has 106 valence electrons. The van der Waals surface area contributed by atoms with Gasteiger partial charge in [0.05, 0.1) is 0 Å². The van der Waals surface area contributed by atoms with E-state index in [2.05, 4.69) is 15.5 Å². The summed E-state index contributed by atoms with van der Waals surface area (Å²) in [5, 5.41) is 10.5. The average molecular weight is 273 g/mol. The molecule has 0 aliphatic heterocycles. The quantitative estimate of drug-likeness (QED) is 0.931. The van der Waals surface area contributed by atoms with E-state index in [-0.39, 0.29) is 17.7 Å². The van der Waals surface area contributed by atoms with Crippen molar-refractivity contribution in [2.45, 2.75) is 40.5 Å². The number of hydrogen-bond donors (Lipinski definition) is 1. The lowest BCUT2D eigenvalue weighted by Crippen LogP contribution is -2.14. The molecule has 0 unspecified atom stereocenters. The molecule has 0 atom stereocenters. The van der Waals surface area contributed by atoms with Crippen molar-refractivity contribution in [3.8, 4) is 0 Å². The summed E-state index contributed by atoms with van der Waals surface area (Å²) >= 11 is 0. The molecule has 5 nitrogen and oxygen atoms in total. The first-order valence-electron chi connectivity index (χ1n) is 6.61. The normalized spacial score (nSPS) is 10.9. The van der Waals surface area contributed by atoms with Crippen molar-refractivity contribution in [1.29, 1.82) is 0 Å². The number of carbonyl (C=O) groups excluding carboxylic acids is 1.